The van der Waals surface area contributed by atoms with Crippen LogP contribution in [0.3, 0.4) is 0 Å². The van der Waals surface area contributed by atoms with Crippen molar-refractivity contribution in [3.05, 3.63) is 63.9 Å². The van der Waals surface area contributed by atoms with Crippen LogP contribution in [0.25, 0.3) is 0 Å². The maximum Gasteiger partial charge on any atom is 0.251 e. The van der Waals surface area contributed by atoms with Crippen LogP contribution in [0.2, 0.25) is 5.02 Å². The molecular weight excluding hydrogens is 498 g/mol. The topological polar surface area (TPSA) is 101 Å². The van der Waals surface area contributed by atoms with Gasteiger partial charge < -0.3 is 20.1 Å². The molecule has 0 bridgehead atoms. The Kier molecular flexibility index (Phi) is 9.45. The van der Waals surface area contributed by atoms with Crippen molar-refractivity contribution in [2.24, 2.45) is 11.0 Å². The molecule has 35 heavy (non-hydrogen) atoms. The zero-order chi connectivity index (χ0) is 24.1. The summed E-state index contributed by atoms with van der Waals surface area (Å²) in [4.78, 5) is 24.6. The highest BCUT2D eigenvalue weighted by Gasteiger charge is 2.28. The van der Waals surface area contributed by atoms with Gasteiger partial charge in [-0.3, -0.25) is 9.59 Å². The van der Waals surface area contributed by atoms with E-state index < -0.39 is 11.9 Å². The number of hydrogen-bond acceptors (Lipinski definition) is 6. The molecule has 0 saturated carbocycles. The molecule has 4 rings (SSSR count). The Labute approximate surface area is 214 Å². The van der Waals surface area contributed by atoms with Gasteiger partial charge in [-0.25, -0.2) is 9.82 Å². The third kappa shape index (κ3) is 6.49. The van der Waals surface area contributed by atoms with Crippen molar-refractivity contribution in [2.45, 2.75) is 19.4 Å². The Morgan fingerprint density at radius 3 is 2.86 bits per heavy atom. The molecule has 1 saturated heterocycles. The van der Waals surface area contributed by atoms with Gasteiger partial charge in [0.2, 0.25) is 5.91 Å². The van der Waals surface area contributed by atoms with Crippen LogP contribution in [0.1, 0.15) is 40.9 Å². The molecule has 3 N–H and O–H groups in total. The summed E-state index contributed by atoms with van der Waals surface area (Å²) in [5.41, 5.74) is 4.63. The van der Waals surface area contributed by atoms with Crippen molar-refractivity contribution in [3.63, 3.8) is 0 Å². The summed E-state index contributed by atoms with van der Waals surface area (Å²) >= 11 is 5.83. The van der Waals surface area contributed by atoms with Crippen LogP contribution in [0.15, 0.2) is 41.5 Å². The molecule has 1 fully saturated rings. The summed E-state index contributed by atoms with van der Waals surface area (Å²) in [5, 5.41) is 10.4. The minimum Gasteiger partial charge on any atom is -0.493 e. The second kappa shape index (κ2) is 12.3. The molecule has 0 radical (unpaired) electrons. The number of amides is 2. The van der Waals surface area contributed by atoms with Gasteiger partial charge in [-0.2, -0.15) is 5.10 Å². The predicted octanol–water partition coefficient (Wildman–Crippen LogP) is 3.23. The molecular formula is C24H27Cl2FN4O4. The first-order chi connectivity index (χ1) is 16.5. The second-order valence-electron chi connectivity index (χ2n) is 8.05. The lowest BCUT2D eigenvalue weighted by Crippen LogP contribution is -2.36. The van der Waals surface area contributed by atoms with Crippen LogP contribution in [-0.4, -0.2) is 50.4 Å². The van der Waals surface area contributed by atoms with Crippen molar-refractivity contribution in [1.29, 1.82) is 0 Å². The predicted molar refractivity (Wildman–Crippen MR) is 133 cm³/mol. The van der Waals surface area contributed by atoms with Gasteiger partial charge in [0.15, 0.2) is 0 Å². The lowest BCUT2D eigenvalue weighted by atomic mass is 9.95. The largest absolute Gasteiger partial charge is 0.493 e. The molecule has 2 atom stereocenters. The molecule has 0 aromatic heterocycles. The second-order valence-corrected chi connectivity index (χ2v) is 8.46. The number of carbonyl (C=O) groups excluding carboxylic acids is 2. The third-order valence-electron chi connectivity index (χ3n) is 5.70. The van der Waals surface area contributed by atoms with Crippen LogP contribution < -0.4 is 20.8 Å². The van der Waals surface area contributed by atoms with Crippen LogP contribution in [-0.2, 0) is 9.53 Å². The Morgan fingerprint density at radius 2 is 2.14 bits per heavy atom. The van der Waals surface area contributed by atoms with Crippen molar-refractivity contribution < 1.29 is 23.5 Å². The van der Waals surface area contributed by atoms with Crippen molar-refractivity contribution in [3.8, 4) is 5.75 Å². The van der Waals surface area contributed by atoms with Crippen LogP contribution >= 0.6 is 24.0 Å². The molecule has 2 amide bonds. The van der Waals surface area contributed by atoms with E-state index >= 15 is 0 Å². The highest BCUT2D eigenvalue weighted by atomic mass is 35.5. The number of carbonyl (C=O) groups is 2. The minimum absolute atomic E-state index is 0. The van der Waals surface area contributed by atoms with E-state index in [1.807, 2.05) is 6.92 Å². The van der Waals surface area contributed by atoms with E-state index in [0.717, 1.165) is 0 Å². The molecule has 0 unspecified atom stereocenters. The highest BCUT2D eigenvalue weighted by molar-refractivity contribution is 6.30. The fraction of sp³-hybridized carbons (Fsp3) is 0.375. The summed E-state index contributed by atoms with van der Waals surface area (Å²) in [6.45, 7) is 4.33. The van der Waals surface area contributed by atoms with Crippen molar-refractivity contribution in [1.82, 2.24) is 16.1 Å². The number of nitrogens with one attached hydrogen (secondary N) is 3. The Hall–Kier alpha value is -2.72. The lowest BCUT2D eigenvalue weighted by molar-refractivity contribution is -0.119. The third-order valence-corrected chi connectivity index (χ3v) is 6.01. The summed E-state index contributed by atoms with van der Waals surface area (Å²) < 4.78 is 25.7. The monoisotopic (exact) mass is 524 g/mol. The van der Waals surface area contributed by atoms with E-state index in [1.54, 1.807) is 24.3 Å². The first kappa shape index (κ1) is 26.9. The van der Waals surface area contributed by atoms with Gasteiger partial charge >= 0.3 is 0 Å². The van der Waals surface area contributed by atoms with Crippen molar-refractivity contribution in [2.75, 3.05) is 32.8 Å². The average molecular weight is 525 g/mol. The molecule has 2 aromatic rings. The summed E-state index contributed by atoms with van der Waals surface area (Å²) in [6, 6.07) is 9.68. The van der Waals surface area contributed by atoms with E-state index in [1.165, 1.54) is 12.1 Å². The Bertz CT molecular complexity index is 1110. The highest BCUT2D eigenvalue weighted by Crippen LogP contribution is 2.30. The summed E-state index contributed by atoms with van der Waals surface area (Å²) in [6.07, 6.45) is -0.280. The standard InChI is InChI=1S/C24H26ClFN4O4.ClH/c1-2-33-21-6-4-15(9-17(21)20-11-22(31)30-29-20)24(32)28-13-16-12-27-7-8-34-23(16)14-3-5-18(25)19(26)10-14;/h3-6,9-10,16,23,27H,2,7-8,11-13H2,1H3,(H,28,32)(H,30,31);1H/t16-,23-;/m0./s1. The van der Waals surface area contributed by atoms with E-state index in [0.29, 0.717) is 61.0 Å². The number of hydrazone groups is 1. The number of hydrogen-bond donors (Lipinski definition) is 3. The van der Waals surface area contributed by atoms with Gasteiger partial charge in [0, 0.05) is 36.7 Å². The minimum atomic E-state index is -0.507. The van der Waals surface area contributed by atoms with Crippen LogP contribution in [0.4, 0.5) is 4.39 Å². The number of benzene rings is 2. The average Bonchev–Trinajstić information content (AvgIpc) is 3.12. The number of nitrogens with zero attached hydrogens (tertiary/aromatic N) is 1. The van der Waals surface area contributed by atoms with E-state index in [9.17, 15) is 14.0 Å². The Morgan fingerprint density at radius 1 is 1.31 bits per heavy atom. The normalized spacial score (nSPS) is 19.7. The summed E-state index contributed by atoms with van der Waals surface area (Å²) in [7, 11) is 0. The van der Waals surface area contributed by atoms with Gasteiger partial charge in [0.25, 0.3) is 5.91 Å². The van der Waals surface area contributed by atoms with E-state index in [2.05, 4.69) is 21.2 Å². The maximum absolute atomic E-state index is 14.1. The molecule has 11 heteroatoms. The SMILES string of the molecule is CCOc1ccc(C(=O)NC[C@@H]2CNCCO[C@H]2c2ccc(Cl)c(F)c2)cc1C1=NNC(=O)C1.Cl. The molecule has 2 heterocycles. The van der Waals surface area contributed by atoms with Gasteiger partial charge in [0.1, 0.15) is 11.6 Å². The fourth-order valence-electron chi connectivity index (χ4n) is 4.05. The van der Waals surface area contributed by atoms with Gasteiger partial charge in [-0.1, -0.05) is 17.7 Å². The summed E-state index contributed by atoms with van der Waals surface area (Å²) in [5.74, 6) is -0.575. The maximum atomic E-state index is 14.1. The first-order valence-corrected chi connectivity index (χ1v) is 11.5. The smallest absolute Gasteiger partial charge is 0.251 e. The zero-order valence-electron chi connectivity index (χ0n) is 19.1. The molecule has 188 valence electrons. The van der Waals surface area contributed by atoms with Crippen LogP contribution in [0.5, 0.6) is 5.75 Å². The van der Waals surface area contributed by atoms with E-state index in [4.69, 9.17) is 21.1 Å². The molecule has 2 aromatic carbocycles. The molecule has 2 aliphatic heterocycles. The number of halogens is 3. The van der Waals surface area contributed by atoms with Gasteiger partial charge in [-0.15, -0.1) is 12.4 Å². The molecule has 2 aliphatic rings. The fourth-order valence-corrected chi connectivity index (χ4v) is 4.16. The molecule has 0 spiro atoms. The number of rotatable bonds is 7. The van der Waals surface area contributed by atoms with Crippen molar-refractivity contribution >= 4 is 41.5 Å². The molecule has 0 aliphatic carbocycles. The number of ether oxygens (including phenoxy) is 2. The van der Waals surface area contributed by atoms with Gasteiger partial charge in [-0.05, 0) is 42.8 Å². The zero-order valence-corrected chi connectivity index (χ0v) is 20.7. The lowest BCUT2D eigenvalue weighted by Gasteiger charge is -2.25. The van der Waals surface area contributed by atoms with Crippen LogP contribution in [0, 0.1) is 11.7 Å². The first-order valence-electron chi connectivity index (χ1n) is 11.1. The van der Waals surface area contributed by atoms with Gasteiger partial charge in [0.05, 0.1) is 36.5 Å². The quantitative estimate of drug-likeness (QED) is 0.516. The van der Waals surface area contributed by atoms with E-state index in [-0.39, 0.29) is 41.6 Å². The molecule has 8 nitrogen and oxygen atoms in total. The Balaban J connectivity index is 0.00000342.